The number of halogens is 3. The average molecular weight is 695 g/mol. The van der Waals surface area contributed by atoms with Crippen molar-refractivity contribution in [1.29, 1.82) is 0 Å². The largest absolute Gasteiger partial charge is 0.491 e. The van der Waals surface area contributed by atoms with E-state index in [1.807, 2.05) is 19.9 Å². The maximum absolute atomic E-state index is 13.8. The Balaban J connectivity index is 0.00000600. The van der Waals surface area contributed by atoms with Gasteiger partial charge in [-0.1, -0.05) is 25.4 Å². The number of aromatic nitrogens is 2. The molecular weight excluding hydrogens is 652 g/mol. The lowest BCUT2D eigenvalue weighted by Crippen LogP contribution is -2.59. The minimum absolute atomic E-state index is 0. The van der Waals surface area contributed by atoms with E-state index < -0.39 is 47.1 Å². The average Bonchev–Trinajstić information content (AvgIpc) is 3.57. The van der Waals surface area contributed by atoms with Gasteiger partial charge in [-0.15, -0.1) is 12.4 Å². The van der Waals surface area contributed by atoms with Crippen molar-refractivity contribution in [2.24, 2.45) is 5.41 Å². The number of hydrogen-bond donors (Lipinski definition) is 5. The number of ether oxygens (including phenoxy) is 2. The third-order valence-corrected chi connectivity index (χ3v) is 8.26. The molecule has 256 valence electrons. The number of carbonyl (C=O) groups excluding carboxylic acids is 3. The standard InChI is InChI=1S/C32H41ClFN7O5.ClH/c1-18(35-4)29(42)40-27(31(44)41-30(43)24-7-6-10-36-24)32(2,3)16-19-13-21-25(15-26(19)46-12-11-45-5)37-17-38-28(21)39-20-8-9-23(34)22(33)14-20;/h8-9,13-15,17-18,24,27,35-36H,6-7,10-12,16H2,1-5H3,(H,40,42)(H,37,38,39)(H,41,43,44);1H/t18-,24-,27+;/m0./s1. The second-order valence-electron chi connectivity index (χ2n) is 11.9. The van der Waals surface area contributed by atoms with E-state index in [1.165, 1.54) is 18.5 Å². The summed E-state index contributed by atoms with van der Waals surface area (Å²) in [5, 5.41) is 15.1. The number of anilines is 2. The van der Waals surface area contributed by atoms with Crippen molar-refractivity contribution < 1.29 is 28.2 Å². The van der Waals surface area contributed by atoms with Crippen LogP contribution in [0.15, 0.2) is 36.7 Å². The van der Waals surface area contributed by atoms with Crippen molar-refractivity contribution >= 4 is 64.1 Å². The van der Waals surface area contributed by atoms with Crippen LogP contribution in [0.3, 0.4) is 0 Å². The summed E-state index contributed by atoms with van der Waals surface area (Å²) in [5.74, 6) is -1.03. The molecule has 0 unspecified atom stereocenters. The number of methoxy groups -OCH3 is 1. The molecule has 3 atom stereocenters. The Morgan fingerprint density at radius 1 is 1.15 bits per heavy atom. The molecule has 0 spiro atoms. The first-order valence-electron chi connectivity index (χ1n) is 15.1. The summed E-state index contributed by atoms with van der Waals surface area (Å²) in [6.45, 7) is 6.64. The summed E-state index contributed by atoms with van der Waals surface area (Å²) >= 11 is 6.00. The minimum Gasteiger partial charge on any atom is -0.491 e. The Bertz CT molecular complexity index is 1570. The Morgan fingerprint density at radius 2 is 1.91 bits per heavy atom. The van der Waals surface area contributed by atoms with Gasteiger partial charge in [0.1, 0.15) is 36.4 Å². The van der Waals surface area contributed by atoms with Crippen LogP contribution >= 0.6 is 24.0 Å². The number of likely N-dealkylation sites (N-methyl/N-ethyl adjacent to an activating group) is 1. The van der Waals surface area contributed by atoms with E-state index in [0.717, 1.165) is 6.42 Å². The molecule has 3 amide bonds. The zero-order chi connectivity index (χ0) is 33.4. The number of amides is 3. The van der Waals surface area contributed by atoms with Crippen LogP contribution in [0.5, 0.6) is 5.75 Å². The van der Waals surface area contributed by atoms with E-state index in [0.29, 0.717) is 53.3 Å². The maximum atomic E-state index is 13.8. The summed E-state index contributed by atoms with van der Waals surface area (Å²) in [5.41, 5.74) is 0.853. The molecule has 0 aliphatic carbocycles. The first-order chi connectivity index (χ1) is 21.9. The molecule has 15 heteroatoms. The van der Waals surface area contributed by atoms with Crippen LogP contribution in [0.4, 0.5) is 15.9 Å². The predicted octanol–water partition coefficient (Wildman–Crippen LogP) is 3.67. The number of imide groups is 1. The molecular formula is C32H42Cl2FN7O5. The van der Waals surface area contributed by atoms with Crippen molar-refractivity contribution in [2.45, 2.75) is 58.2 Å². The molecule has 5 N–H and O–H groups in total. The van der Waals surface area contributed by atoms with Crippen LogP contribution in [0.1, 0.15) is 39.2 Å². The molecule has 1 saturated heterocycles. The van der Waals surface area contributed by atoms with Crippen LogP contribution in [-0.4, -0.2) is 79.7 Å². The lowest BCUT2D eigenvalue weighted by molar-refractivity contribution is -0.137. The molecule has 1 aliphatic heterocycles. The molecule has 2 heterocycles. The quantitative estimate of drug-likeness (QED) is 0.158. The van der Waals surface area contributed by atoms with E-state index in [4.69, 9.17) is 21.1 Å². The molecule has 3 aromatic rings. The van der Waals surface area contributed by atoms with Gasteiger partial charge in [0, 0.05) is 24.2 Å². The number of carbonyl (C=O) groups is 3. The predicted molar refractivity (Wildman–Crippen MR) is 181 cm³/mol. The van der Waals surface area contributed by atoms with Crippen molar-refractivity contribution in [3.05, 3.63) is 53.1 Å². The number of rotatable bonds is 14. The topological polar surface area (TPSA) is 156 Å². The minimum atomic E-state index is -1.09. The van der Waals surface area contributed by atoms with Gasteiger partial charge in [-0.05, 0) is 75.0 Å². The molecule has 47 heavy (non-hydrogen) atoms. The van der Waals surface area contributed by atoms with Gasteiger partial charge in [0.05, 0.1) is 29.2 Å². The zero-order valence-electron chi connectivity index (χ0n) is 27.0. The van der Waals surface area contributed by atoms with Crippen molar-refractivity contribution in [3.63, 3.8) is 0 Å². The Kier molecular flexibility index (Phi) is 13.7. The molecule has 1 aliphatic rings. The van der Waals surface area contributed by atoms with Gasteiger partial charge in [0.25, 0.3) is 0 Å². The summed E-state index contributed by atoms with van der Waals surface area (Å²) < 4.78 is 25.1. The van der Waals surface area contributed by atoms with Gasteiger partial charge in [-0.25, -0.2) is 14.4 Å². The van der Waals surface area contributed by atoms with Crippen molar-refractivity contribution in [2.75, 3.05) is 39.2 Å². The number of nitrogens with zero attached hydrogens (tertiary/aromatic N) is 2. The van der Waals surface area contributed by atoms with Gasteiger partial charge in [-0.3, -0.25) is 19.7 Å². The molecule has 0 radical (unpaired) electrons. The summed E-state index contributed by atoms with van der Waals surface area (Å²) in [7, 11) is 3.22. The highest BCUT2D eigenvalue weighted by molar-refractivity contribution is 6.31. The molecule has 1 aromatic heterocycles. The molecule has 12 nitrogen and oxygen atoms in total. The van der Waals surface area contributed by atoms with Gasteiger partial charge >= 0.3 is 0 Å². The van der Waals surface area contributed by atoms with Crippen LogP contribution < -0.4 is 31.3 Å². The first-order valence-corrected chi connectivity index (χ1v) is 15.5. The number of fused-ring (bicyclic) bond motifs is 1. The second-order valence-corrected chi connectivity index (χ2v) is 12.3. The van der Waals surface area contributed by atoms with E-state index in [2.05, 4.69) is 36.6 Å². The fraction of sp³-hybridized carbons (Fsp3) is 0.469. The summed E-state index contributed by atoms with van der Waals surface area (Å²) in [6.07, 6.45) is 3.09. The highest BCUT2D eigenvalue weighted by atomic mass is 35.5. The smallest absolute Gasteiger partial charge is 0.249 e. The Hall–Kier alpha value is -3.62. The van der Waals surface area contributed by atoms with E-state index in [9.17, 15) is 18.8 Å². The number of benzene rings is 2. The van der Waals surface area contributed by atoms with Crippen molar-refractivity contribution in [3.8, 4) is 5.75 Å². The zero-order valence-corrected chi connectivity index (χ0v) is 28.6. The highest BCUT2D eigenvalue weighted by Crippen LogP contribution is 2.36. The fourth-order valence-electron chi connectivity index (χ4n) is 5.24. The van der Waals surface area contributed by atoms with E-state index in [1.54, 1.807) is 33.2 Å². The van der Waals surface area contributed by atoms with Crippen LogP contribution in [0.2, 0.25) is 5.02 Å². The molecule has 2 aromatic carbocycles. The molecule has 0 bridgehead atoms. The van der Waals surface area contributed by atoms with Gasteiger partial charge in [0.15, 0.2) is 0 Å². The highest BCUT2D eigenvalue weighted by Gasteiger charge is 2.39. The lowest BCUT2D eigenvalue weighted by Gasteiger charge is -2.35. The Morgan fingerprint density at radius 3 is 2.57 bits per heavy atom. The lowest BCUT2D eigenvalue weighted by atomic mass is 9.77. The monoisotopic (exact) mass is 693 g/mol. The van der Waals surface area contributed by atoms with E-state index >= 15 is 0 Å². The number of hydrogen-bond acceptors (Lipinski definition) is 10. The molecule has 0 saturated carbocycles. The summed E-state index contributed by atoms with van der Waals surface area (Å²) in [4.78, 5) is 48.5. The fourth-order valence-corrected chi connectivity index (χ4v) is 5.42. The van der Waals surface area contributed by atoms with Crippen LogP contribution in [0, 0.1) is 11.2 Å². The summed E-state index contributed by atoms with van der Waals surface area (Å²) in [6, 6.07) is 5.74. The van der Waals surface area contributed by atoms with Gasteiger partial charge < -0.3 is 30.7 Å². The first kappa shape index (κ1) is 37.8. The normalized spacial score (nSPS) is 15.8. The maximum Gasteiger partial charge on any atom is 0.249 e. The van der Waals surface area contributed by atoms with Crippen molar-refractivity contribution in [1.82, 2.24) is 31.2 Å². The third-order valence-electron chi connectivity index (χ3n) is 7.97. The Labute approximate surface area is 284 Å². The molecule has 4 rings (SSSR count). The molecule has 1 fully saturated rings. The second kappa shape index (κ2) is 17.0. The van der Waals surface area contributed by atoms with Crippen LogP contribution in [0.25, 0.3) is 10.9 Å². The SMILES string of the molecule is CN[C@@H](C)C(=O)N[C@H](C(=O)NC(=O)[C@@H]1CCCN1)C(C)(C)Cc1cc2c(Nc3ccc(F)c(Cl)c3)ncnc2cc1OCCOC.Cl. The number of nitrogens with one attached hydrogen (secondary N) is 5. The van der Waals surface area contributed by atoms with E-state index in [-0.39, 0.29) is 30.5 Å². The van der Waals surface area contributed by atoms with Crippen LogP contribution in [-0.2, 0) is 25.5 Å². The van der Waals surface area contributed by atoms with Gasteiger partial charge in [0.2, 0.25) is 17.7 Å². The van der Waals surface area contributed by atoms with Gasteiger partial charge in [-0.2, -0.15) is 0 Å². The third kappa shape index (κ3) is 9.71.